The van der Waals surface area contributed by atoms with E-state index in [0.29, 0.717) is 40.6 Å². The lowest BCUT2D eigenvalue weighted by Crippen LogP contribution is -2.18. The average Bonchev–Trinajstić information content (AvgIpc) is 2.76. The van der Waals surface area contributed by atoms with Crippen molar-refractivity contribution in [1.29, 1.82) is 0 Å². The summed E-state index contributed by atoms with van der Waals surface area (Å²) in [5, 5.41) is 11.4. The Balaban J connectivity index is 1.87. The molecule has 0 saturated carbocycles. The number of hydrogen-bond acceptors (Lipinski definition) is 6. The van der Waals surface area contributed by atoms with Gasteiger partial charge in [-0.2, -0.15) is 0 Å². The van der Waals surface area contributed by atoms with Crippen molar-refractivity contribution in [2.45, 2.75) is 51.7 Å². The first-order valence-electron chi connectivity index (χ1n) is 10.6. The molecule has 0 unspecified atom stereocenters. The van der Waals surface area contributed by atoms with Gasteiger partial charge in [0.25, 0.3) is 0 Å². The Labute approximate surface area is 202 Å². The second-order valence-electron chi connectivity index (χ2n) is 7.84. The number of carbonyl (C=O) groups excluding carboxylic acids is 3. The zero-order valence-electron chi connectivity index (χ0n) is 18.1. The lowest BCUT2D eigenvalue weighted by molar-refractivity contribution is -0.136. The molecule has 0 saturated heterocycles. The van der Waals surface area contributed by atoms with E-state index in [1.807, 2.05) is 0 Å². The van der Waals surface area contributed by atoms with Crippen LogP contribution in [0.3, 0.4) is 0 Å². The minimum absolute atomic E-state index is 0.0134. The van der Waals surface area contributed by atoms with Crippen molar-refractivity contribution in [3.8, 4) is 11.5 Å². The first-order chi connectivity index (χ1) is 15.7. The number of Topliss-reactive ketones (excluding diaryl/α,β-unsaturated/α-hetero) is 2. The van der Waals surface area contributed by atoms with Crippen LogP contribution in [-0.2, 0) is 20.9 Å². The maximum absolute atomic E-state index is 12.8. The minimum Gasteiger partial charge on any atom is -0.507 e. The SMILES string of the molecule is C[C@H]1CCCC(=O)C(=O)CCC=Cc2cc(OCc3ccc(Cl)c(Cl)c3)cc(O)c2C(=O)O1. The molecule has 2 aromatic carbocycles. The standard InChI is InChI=1S/C25H24Cl2O6/c1-15-5-4-8-22(29)21(28)7-3-2-6-17-12-18(13-23(30)24(17)25(31)33-15)32-14-16-9-10-19(26)20(27)11-16/h2,6,9-13,15,30H,3-5,7-8,14H2,1H3/t15-/m0/s1. The fourth-order valence-corrected chi connectivity index (χ4v) is 3.73. The largest absolute Gasteiger partial charge is 0.507 e. The van der Waals surface area contributed by atoms with Gasteiger partial charge in [0.15, 0.2) is 11.6 Å². The third kappa shape index (κ3) is 6.83. The predicted octanol–water partition coefficient (Wildman–Crippen LogP) is 5.94. The van der Waals surface area contributed by atoms with Gasteiger partial charge in [0, 0.05) is 18.9 Å². The van der Waals surface area contributed by atoms with Crippen molar-refractivity contribution in [1.82, 2.24) is 0 Å². The van der Waals surface area contributed by atoms with Crippen LogP contribution in [0.5, 0.6) is 11.5 Å². The van der Waals surface area contributed by atoms with Crippen LogP contribution in [0.1, 0.15) is 60.5 Å². The third-order valence-electron chi connectivity index (χ3n) is 5.18. The highest BCUT2D eigenvalue weighted by atomic mass is 35.5. The maximum atomic E-state index is 12.8. The van der Waals surface area contributed by atoms with E-state index in [9.17, 15) is 19.5 Å². The van der Waals surface area contributed by atoms with Crippen LogP contribution in [-0.4, -0.2) is 28.7 Å². The molecule has 1 atom stereocenters. The van der Waals surface area contributed by atoms with E-state index in [2.05, 4.69) is 0 Å². The molecular weight excluding hydrogens is 467 g/mol. The van der Waals surface area contributed by atoms with Gasteiger partial charge in [-0.25, -0.2) is 4.79 Å². The molecule has 1 N–H and O–H groups in total. The van der Waals surface area contributed by atoms with Crippen molar-refractivity contribution in [3.63, 3.8) is 0 Å². The molecule has 0 radical (unpaired) electrons. The van der Waals surface area contributed by atoms with Gasteiger partial charge in [-0.3, -0.25) is 9.59 Å². The Morgan fingerprint density at radius 1 is 1.06 bits per heavy atom. The maximum Gasteiger partial charge on any atom is 0.342 e. The molecule has 8 heteroatoms. The molecule has 1 aliphatic heterocycles. The van der Waals surface area contributed by atoms with Gasteiger partial charge in [0.2, 0.25) is 0 Å². The lowest BCUT2D eigenvalue weighted by Gasteiger charge is -2.16. The number of carbonyl (C=O) groups is 3. The summed E-state index contributed by atoms with van der Waals surface area (Å²) in [5.41, 5.74) is 1.17. The topological polar surface area (TPSA) is 89.9 Å². The summed E-state index contributed by atoms with van der Waals surface area (Å²) in [6.07, 6.45) is 4.22. The third-order valence-corrected chi connectivity index (χ3v) is 5.92. The summed E-state index contributed by atoms with van der Waals surface area (Å²) in [6, 6.07) is 8.06. The van der Waals surface area contributed by atoms with Crippen molar-refractivity contribution in [2.24, 2.45) is 0 Å². The monoisotopic (exact) mass is 490 g/mol. The van der Waals surface area contributed by atoms with E-state index in [0.717, 1.165) is 5.56 Å². The molecule has 6 nitrogen and oxygen atoms in total. The van der Waals surface area contributed by atoms with Crippen LogP contribution in [0.4, 0.5) is 0 Å². The molecular formula is C25H24Cl2O6. The van der Waals surface area contributed by atoms with Gasteiger partial charge in [0.1, 0.15) is 23.7 Å². The number of rotatable bonds is 3. The second kappa shape index (κ2) is 11.3. The van der Waals surface area contributed by atoms with Gasteiger partial charge >= 0.3 is 5.97 Å². The summed E-state index contributed by atoms with van der Waals surface area (Å²) in [7, 11) is 0. The fourth-order valence-electron chi connectivity index (χ4n) is 3.41. The van der Waals surface area contributed by atoms with Crippen LogP contribution in [0.15, 0.2) is 36.4 Å². The molecule has 0 aliphatic carbocycles. The van der Waals surface area contributed by atoms with E-state index >= 15 is 0 Å². The number of halogens is 2. The van der Waals surface area contributed by atoms with Crippen LogP contribution in [0.25, 0.3) is 6.08 Å². The summed E-state index contributed by atoms with van der Waals surface area (Å²) < 4.78 is 11.2. The van der Waals surface area contributed by atoms with Crippen LogP contribution < -0.4 is 4.74 Å². The first-order valence-corrected chi connectivity index (χ1v) is 11.4. The van der Waals surface area contributed by atoms with E-state index in [4.69, 9.17) is 32.7 Å². The van der Waals surface area contributed by atoms with Crippen molar-refractivity contribution in [2.75, 3.05) is 0 Å². The van der Waals surface area contributed by atoms with Crippen LogP contribution in [0.2, 0.25) is 10.0 Å². The summed E-state index contributed by atoms with van der Waals surface area (Å²) in [5.74, 6) is -1.44. The molecule has 174 valence electrons. The fraction of sp³-hybridized carbons (Fsp3) is 0.320. The quantitative estimate of drug-likeness (QED) is 0.422. The van der Waals surface area contributed by atoms with E-state index in [-0.39, 0.29) is 30.8 Å². The highest BCUT2D eigenvalue weighted by molar-refractivity contribution is 6.42. The first kappa shape index (κ1) is 24.8. The summed E-state index contributed by atoms with van der Waals surface area (Å²) >= 11 is 12.0. The molecule has 1 aliphatic rings. The Morgan fingerprint density at radius 2 is 1.82 bits per heavy atom. The van der Waals surface area contributed by atoms with Gasteiger partial charge in [-0.05, 0) is 55.5 Å². The number of fused-ring (bicyclic) bond motifs is 1. The number of hydrogen-bond donors (Lipinski definition) is 1. The Bertz CT molecular complexity index is 1090. The van der Waals surface area contributed by atoms with Crippen molar-refractivity contribution < 1.29 is 29.0 Å². The molecule has 0 spiro atoms. The number of aromatic hydroxyl groups is 1. The molecule has 0 amide bonds. The summed E-state index contributed by atoms with van der Waals surface area (Å²) in [6.45, 7) is 1.87. The molecule has 33 heavy (non-hydrogen) atoms. The highest BCUT2D eigenvalue weighted by Gasteiger charge is 2.22. The normalized spacial score (nSPS) is 17.8. The Morgan fingerprint density at radius 3 is 2.58 bits per heavy atom. The highest BCUT2D eigenvalue weighted by Crippen LogP contribution is 2.31. The van der Waals surface area contributed by atoms with Crippen LogP contribution in [0, 0.1) is 0 Å². The zero-order chi connectivity index (χ0) is 24.0. The number of phenolic OH excluding ortho intramolecular Hbond substituents is 1. The minimum atomic E-state index is -0.671. The van der Waals surface area contributed by atoms with Gasteiger partial charge < -0.3 is 14.6 Å². The Hall–Kier alpha value is -2.83. The molecule has 2 aromatic rings. The van der Waals surface area contributed by atoms with Gasteiger partial charge in [-0.1, -0.05) is 41.4 Å². The Kier molecular flexibility index (Phi) is 8.53. The molecule has 0 fully saturated rings. The van der Waals surface area contributed by atoms with Crippen molar-refractivity contribution in [3.05, 3.63) is 63.1 Å². The number of cyclic esters (lactones) is 1. The average molecular weight is 491 g/mol. The number of phenols is 1. The number of benzene rings is 2. The number of ether oxygens (including phenoxy) is 2. The molecule has 1 heterocycles. The number of allylic oxidation sites excluding steroid dienone is 1. The smallest absolute Gasteiger partial charge is 0.342 e. The van der Waals surface area contributed by atoms with Gasteiger partial charge in [0.05, 0.1) is 16.1 Å². The van der Waals surface area contributed by atoms with E-state index in [1.54, 1.807) is 43.3 Å². The molecule has 0 bridgehead atoms. The summed E-state index contributed by atoms with van der Waals surface area (Å²) in [4.78, 5) is 36.7. The van der Waals surface area contributed by atoms with Crippen LogP contribution >= 0.6 is 23.2 Å². The number of ketones is 2. The predicted molar refractivity (Wildman–Crippen MR) is 126 cm³/mol. The lowest BCUT2D eigenvalue weighted by atomic mass is 10.0. The van der Waals surface area contributed by atoms with E-state index in [1.165, 1.54) is 6.07 Å². The van der Waals surface area contributed by atoms with Gasteiger partial charge in [-0.15, -0.1) is 0 Å². The van der Waals surface area contributed by atoms with Crippen molar-refractivity contribution >= 4 is 46.8 Å². The molecule has 0 aromatic heterocycles. The zero-order valence-corrected chi connectivity index (χ0v) is 19.6. The number of esters is 1. The van der Waals surface area contributed by atoms with E-state index < -0.39 is 23.6 Å². The molecule has 3 rings (SSSR count). The second-order valence-corrected chi connectivity index (χ2v) is 8.65.